The number of nitrogens with zero attached hydrogens (tertiary/aromatic N) is 2. The van der Waals surface area contributed by atoms with Crippen LogP contribution < -0.4 is 0 Å². The molecule has 0 fully saturated rings. The van der Waals surface area contributed by atoms with Crippen molar-refractivity contribution in [2.45, 2.75) is 0 Å². The molecule has 0 amide bonds. The normalized spacial score (nSPS) is 10.7. The number of carboxylic acid groups (broad SMARTS) is 1. The fourth-order valence-electron chi connectivity index (χ4n) is 1.59. The maximum Gasteiger partial charge on any atom is 0.338 e. The smallest absolute Gasteiger partial charge is 0.338 e. The zero-order valence-electron chi connectivity index (χ0n) is 9.91. The second-order valence-electron chi connectivity index (χ2n) is 3.90. The van der Waals surface area contributed by atoms with E-state index in [-0.39, 0.29) is 5.56 Å². The van der Waals surface area contributed by atoms with Crippen LogP contribution in [-0.2, 0) is 0 Å². The lowest BCUT2D eigenvalue weighted by Gasteiger charge is -1.94. The van der Waals surface area contributed by atoms with Gasteiger partial charge in [0.25, 0.3) is 0 Å². The Hall–Kier alpha value is -1.99. The zero-order chi connectivity index (χ0) is 14.1. The molecule has 0 aliphatic heterocycles. The molecule has 0 radical (unpaired) electrons. The van der Waals surface area contributed by atoms with Crippen LogP contribution in [0.15, 0.2) is 44.9 Å². The van der Waals surface area contributed by atoms with Crippen LogP contribution >= 0.6 is 27.3 Å². The van der Waals surface area contributed by atoms with Crippen LogP contribution in [0.1, 0.15) is 10.4 Å². The Bertz CT molecular complexity index is 764. The lowest BCUT2D eigenvalue weighted by atomic mass is 10.3. The number of thiazole rings is 1. The average molecular weight is 351 g/mol. The molecule has 0 aliphatic rings. The van der Waals surface area contributed by atoms with Crippen molar-refractivity contribution < 1.29 is 14.3 Å². The minimum atomic E-state index is -1.02. The third-order valence-electron chi connectivity index (χ3n) is 2.55. The van der Waals surface area contributed by atoms with Gasteiger partial charge >= 0.3 is 5.97 Å². The number of furan rings is 1. The molecule has 0 unspecified atom stereocenters. The number of halogens is 1. The van der Waals surface area contributed by atoms with Crippen molar-refractivity contribution in [3.8, 4) is 22.2 Å². The molecule has 100 valence electrons. The Balaban J connectivity index is 1.93. The van der Waals surface area contributed by atoms with E-state index in [1.165, 1.54) is 23.7 Å². The maximum absolute atomic E-state index is 10.8. The summed E-state index contributed by atoms with van der Waals surface area (Å²) < 4.78 is 6.11. The van der Waals surface area contributed by atoms with Crippen LogP contribution in [0.25, 0.3) is 22.2 Å². The molecule has 3 heterocycles. The lowest BCUT2D eigenvalue weighted by Crippen LogP contribution is -1.91. The number of carboxylic acids is 1. The fraction of sp³-hybridized carbons (Fsp3) is 0. The average Bonchev–Trinajstić information content (AvgIpc) is 3.08. The highest BCUT2D eigenvalue weighted by molar-refractivity contribution is 9.10. The molecule has 3 rings (SSSR count). The van der Waals surface area contributed by atoms with E-state index in [9.17, 15) is 4.79 Å². The number of carbonyl (C=O) groups is 1. The summed E-state index contributed by atoms with van der Waals surface area (Å²) in [6.07, 6.45) is 2.90. The third-order valence-corrected chi connectivity index (χ3v) is 3.88. The Morgan fingerprint density at radius 1 is 1.35 bits per heavy atom. The van der Waals surface area contributed by atoms with Crippen LogP contribution in [0.3, 0.4) is 0 Å². The van der Waals surface area contributed by atoms with E-state index in [0.29, 0.717) is 11.5 Å². The van der Waals surface area contributed by atoms with Gasteiger partial charge in [0, 0.05) is 22.1 Å². The molecule has 0 saturated carbocycles. The maximum atomic E-state index is 10.8. The molecule has 0 bridgehead atoms. The van der Waals surface area contributed by atoms with Crippen LogP contribution in [-0.4, -0.2) is 21.0 Å². The van der Waals surface area contributed by atoms with Crippen LogP contribution in [0.4, 0.5) is 0 Å². The number of hydrogen-bond acceptors (Lipinski definition) is 5. The monoisotopic (exact) mass is 350 g/mol. The fourth-order valence-corrected chi connectivity index (χ4v) is 2.61. The van der Waals surface area contributed by atoms with Crippen molar-refractivity contribution >= 4 is 33.2 Å². The van der Waals surface area contributed by atoms with E-state index in [4.69, 9.17) is 9.52 Å². The van der Waals surface area contributed by atoms with Gasteiger partial charge in [0.05, 0.1) is 11.3 Å². The summed E-state index contributed by atoms with van der Waals surface area (Å²) in [5.41, 5.74) is 1.47. The summed E-state index contributed by atoms with van der Waals surface area (Å²) in [5.74, 6) is -0.591. The first-order valence-electron chi connectivity index (χ1n) is 5.53. The van der Waals surface area contributed by atoms with E-state index in [2.05, 4.69) is 25.9 Å². The number of rotatable bonds is 3. The predicted octanol–water partition coefficient (Wildman–Crippen LogP) is 3.93. The minimum absolute atomic E-state index is 0.108. The van der Waals surface area contributed by atoms with Crippen LogP contribution in [0, 0.1) is 0 Å². The molecule has 0 aliphatic carbocycles. The Labute approximate surface area is 126 Å². The van der Waals surface area contributed by atoms with Gasteiger partial charge in [0.1, 0.15) is 17.0 Å². The molecule has 0 saturated heterocycles. The van der Waals surface area contributed by atoms with Gasteiger partial charge in [-0.25, -0.2) is 9.78 Å². The van der Waals surface area contributed by atoms with Gasteiger partial charge in [-0.1, -0.05) is 0 Å². The highest BCUT2D eigenvalue weighted by Crippen LogP contribution is 2.29. The van der Waals surface area contributed by atoms with E-state index >= 15 is 0 Å². The summed E-state index contributed by atoms with van der Waals surface area (Å²) >= 11 is 4.75. The highest BCUT2D eigenvalue weighted by Gasteiger charge is 2.13. The van der Waals surface area contributed by atoms with E-state index in [1.54, 1.807) is 6.20 Å². The summed E-state index contributed by atoms with van der Waals surface area (Å²) in [4.78, 5) is 19.5. The molecular formula is C13H7BrN2O3S. The van der Waals surface area contributed by atoms with Crippen molar-refractivity contribution in [2.75, 3.05) is 0 Å². The van der Waals surface area contributed by atoms with E-state index < -0.39 is 5.97 Å². The second kappa shape index (κ2) is 5.18. The van der Waals surface area contributed by atoms with Gasteiger partial charge in [-0.2, -0.15) is 0 Å². The van der Waals surface area contributed by atoms with Gasteiger partial charge in [-0.05, 0) is 28.1 Å². The van der Waals surface area contributed by atoms with Crippen molar-refractivity contribution in [1.29, 1.82) is 0 Å². The SMILES string of the molecule is O=C(O)c1coc(-c2csc(-c3ccc(Br)cn3)n2)c1. The Kier molecular flexibility index (Phi) is 3.37. The van der Waals surface area contributed by atoms with Gasteiger partial charge in [-0.15, -0.1) is 11.3 Å². The van der Waals surface area contributed by atoms with E-state index in [0.717, 1.165) is 15.2 Å². The van der Waals surface area contributed by atoms with Crippen LogP contribution in [0.5, 0.6) is 0 Å². The van der Waals surface area contributed by atoms with E-state index in [1.807, 2.05) is 17.5 Å². The molecule has 7 heteroatoms. The predicted molar refractivity (Wildman–Crippen MR) is 77.7 cm³/mol. The Morgan fingerprint density at radius 2 is 2.20 bits per heavy atom. The first-order valence-corrected chi connectivity index (χ1v) is 7.20. The summed E-state index contributed by atoms with van der Waals surface area (Å²) in [6.45, 7) is 0. The van der Waals surface area contributed by atoms with Crippen molar-refractivity contribution in [1.82, 2.24) is 9.97 Å². The number of pyridine rings is 1. The topological polar surface area (TPSA) is 76.2 Å². The van der Waals surface area contributed by atoms with Gasteiger partial charge in [0.15, 0.2) is 5.76 Å². The zero-order valence-corrected chi connectivity index (χ0v) is 12.3. The molecule has 3 aromatic rings. The molecule has 5 nitrogen and oxygen atoms in total. The molecule has 0 spiro atoms. The molecule has 3 aromatic heterocycles. The quantitative estimate of drug-likeness (QED) is 0.774. The molecule has 1 N–H and O–H groups in total. The number of aromatic nitrogens is 2. The molecule has 0 atom stereocenters. The molecule has 0 aromatic carbocycles. The molecule has 20 heavy (non-hydrogen) atoms. The third kappa shape index (κ3) is 2.50. The number of hydrogen-bond donors (Lipinski definition) is 1. The van der Waals surface area contributed by atoms with Crippen molar-refractivity contribution in [2.24, 2.45) is 0 Å². The minimum Gasteiger partial charge on any atom is -0.478 e. The van der Waals surface area contributed by atoms with Gasteiger partial charge in [0.2, 0.25) is 0 Å². The number of aromatic carboxylic acids is 1. The Morgan fingerprint density at radius 3 is 2.85 bits per heavy atom. The first kappa shape index (κ1) is 13.0. The van der Waals surface area contributed by atoms with Crippen molar-refractivity contribution in [3.05, 3.63) is 46.1 Å². The van der Waals surface area contributed by atoms with Crippen molar-refractivity contribution in [3.63, 3.8) is 0 Å². The summed E-state index contributed by atoms with van der Waals surface area (Å²) in [5, 5.41) is 11.4. The standard InChI is InChI=1S/C13H7BrN2O3S/c14-8-1-2-9(15-4-8)12-16-10(6-20-12)11-3-7(5-19-11)13(17)18/h1-6H,(H,17,18). The highest BCUT2D eigenvalue weighted by atomic mass is 79.9. The summed E-state index contributed by atoms with van der Waals surface area (Å²) in [7, 11) is 0. The van der Waals surface area contributed by atoms with Gasteiger partial charge in [-0.3, -0.25) is 4.98 Å². The van der Waals surface area contributed by atoms with Crippen LogP contribution in [0.2, 0.25) is 0 Å². The van der Waals surface area contributed by atoms with Gasteiger partial charge < -0.3 is 9.52 Å². The second-order valence-corrected chi connectivity index (χ2v) is 5.68. The first-order chi connectivity index (χ1) is 9.63. The summed E-state index contributed by atoms with van der Waals surface area (Å²) in [6, 6.07) is 5.20. The largest absolute Gasteiger partial charge is 0.478 e. The molecular weight excluding hydrogens is 344 g/mol. The lowest BCUT2D eigenvalue weighted by molar-refractivity contribution is 0.0696.